The summed E-state index contributed by atoms with van der Waals surface area (Å²) in [5.74, 6) is 0.612. The number of rotatable bonds is 1. The van der Waals surface area contributed by atoms with E-state index in [1.165, 1.54) is 13.1 Å². The van der Waals surface area contributed by atoms with Crippen molar-refractivity contribution in [2.45, 2.75) is 39.0 Å². The van der Waals surface area contributed by atoms with Gasteiger partial charge in [-0.05, 0) is 38.1 Å². The van der Waals surface area contributed by atoms with Gasteiger partial charge in [0, 0.05) is 48.8 Å². The molecule has 1 aromatic carbocycles. The number of pyridine rings is 2. The van der Waals surface area contributed by atoms with E-state index in [0.29, 0.717) is 53.8 Å². The molecule has 10 nitrogen and oxygen atoms in total. The predicted molar refractivity (Wildman–Crippen MR) is 141 cm³/mol. The Kier molecular flexibility index (Phi) is 6.13. The molecule has 1 fully saturated rings. The lowest BCUT2D eigenvalue weighted by Gasteiger charge is -2.31. The molecule has 0 spiro atoms. The van der Waals surface area contributed by atoms with E-state index in [1.807, 2.05) is 19.1 Å². The molecule has 2 aromatic heterocycles. The van der Waals surface area contributed by atoms with Crippen LogP contribution < -0.4 is 20.3 Å². The van der Waals surface area contributed by atoms with Gasteiger partial charge in [-0.3, -0.25) is 4.79 Å². The van der Waals surface area contributed by atoms with Crippen LogP contribution >= 0.6 is 0 Å². The Labute approximate surface area is 220 Å². The lowest BCUT2D eigenvalue weighted by atomic mass is 9.86. The van der Waals surface area contributed by atoms with Crippen molar-refractivity contribution in [3.8, 4) is 22.9 Å². The maximum absolute atomic E-state index is 13.3. The molecule has 4 aliphatic heterocycles. The van der Waals surface area contributed by atoms with Crippen molar-refractivity contribution in [1.29, 1.82) is 0 Å². The number of cyclic esters (lactones) is 1. The molecule has 0 radical (unpaired) electrons. The average Bonchev–Trinajstić information content (AvgIpc) is 3.30. The number of likely N-dealkylation sites (N-methyl/N-ethyl adjacent to an activating group) is 1. The zero-order valence-electron chi connectivity index (χ0n) is 21.9. The third-order valence-corrected chi connectivity index (χ3v) is 7.98. The van der Waals surface area contributed by atoms with Crippen LogP contribution in [-0.4, -0.2) is 72.0 Å². The number of fused-ring (bicyclic) bond motifs is 6. The van der Waals surface area contributed by atoms with Crippen LogP contribution in [0, 0.1) is 6.92 Å². The van der Waals surface area contributed by atoms with E-state index < -0.39 is 11.6 Å². The fraction of sp³-hybridized carbons (Fsp3) is 0.464. The Morgan fingerprint density at radius 1 is 1.05 bits per heavy atom. The van der Waals surface area contributed by atoms with E-state index in [-0.39, 0.29) is 18.6 Å². The summed E-state index contributed by atoms with van der Waals surface area (Å²) in [6.07, 6.45) is 0.113. The number of nitrogens with zero attached hydrogens (tertiary/aromatic N) is 3. The number of carbonyl (C=O) groups is 1. The first kappa shape index (κ1) is 24.8. The monoisotopic (exact) mass is 520 g/mol. The number of esters is 1. The molecule has 7 rings (SSSR count). The average molecular weight is 521 g/mol. The van der Waals surface area contributed by atoms with Crippen LogP contribution in [0.2, 0.25) is 0 Å². The second-order valence-electron chi connectivity index (χ2n) is 10.2. The molecule has 10 heteroatoms. The largest absolute Gasteiger partial charge is 0.486 e. The Bertz CT molecular complexity index is 1510. The molecule has 38 heavy (non-hydrogen) atoms. The smallest absolute Gasteiger partial charge is 0.343 e. The third kappa shape index (κ3) is 3.86. The number of benzene rings is 1. The highest BCUT2D eigenvalue weighted by molar-refractivity contribution is 5.91. The molecular formula is C28H32N4O6. The maximum atomic E-state index is 13.3. The molecule has 1 atom stereocenters. The second kappa shape index (κ2) is 9.37. The number of hydrogen-bond acceptors (Lipinski definition) is 9. The molecule has 2 N–H and O–H groups in total. The van der Waals surface area contributed by atoms with E-state index in [2.05, 4.69) is 17.3 Å². The van der Waals surface area contributed by atoms with Gasteiger partial charge in [0.25, 0.3) is 5.56 Å². The fourth-order valence-electron chi connectivity index (χ4n) is 5.59. The fourth-order valence-corrected chi connectivity index (χ4v) is 5.59. The van der Waals surface area contributed by atoms with E-state index in [0.717, 1.165) is 35.1 Å². The topological polar surface area (TPSA) is 115 Å². The van der Waals surface area contributed by atoms with E-state index in [4.69, 9.17) is 19.2 Å². The molecule has 0 bridgehead atoms. The van der Waals surface area contributed by atoms with Crippen LogP contribution in [0.5, 0.6) is 11.5 Å². The van der Waals surface area contributed by atoms with Crippen LogP contribution in [-0.2, 0) is 28.3 Å². The molecule has 3 aromatic rings. The predicted octanol–water partition coefficient (Wildman–Crippen LogP) is 1.68. The van der Waals surface area contributed by atoms with Gasteiger partial charge < -0.3 is 34.1 Å². The number of piperazine rings is 1. The summed E-state index contributed by atoms with van der Waals surface area (Å²) >= 11 is 0. The van der Waals surface area contributed by atoms with Crippen molar-refractivity contribution in [1.82, 2.24) is 19.8 Å². The van der Waals surface area contributed by atoms with Crippen molar-refractivity contribution in [3.05, 3.63) is 50.8 Å². The van der Waals surface area contributed by atoms with Crippen LogP contribution in [0.3, 0.4) is 0 Å². The maximum Gasteiger partial charge on any atom is 0.343 e. The highest BCUT2D eigenvalue weighted by Gasteiger charge is 2.45. The highest BCUT2D eigenvalue weighted by atomic mass is 16.6. The summed E-state index contributed by atoms with van der Waals surface area (Å²) in [5, 5.41) is 15.2. The van der Waals surface area contributed by atoms with E-state index in [1.54, 1.807) is 17.6 Å². The number of aliphatic hydroxyl groups is 1. The Morgan fingerprint density at radius 3 is 2.42 bits per heavy atom. The van der Waals surface area contributed by atoms with Gasteiger partial charge in [0.2, 0.25) is 0 Å². The van der Waals surface area contributed by atoms with Gasteiger partial charge in [0.05, 0.1) is 29.0 Å². The minimum absolute atomic E-state index is 0.113. The van der Waals surface area contributed by atoms with Crippen molar-refractivity contribution < 1.29 is 24.1 Å². The first-order chi connectivity index (χ1) is 18.3. The van der Waals surface area contributed by atoms with Gasteiger partial charge in [0.1, 0.15) is 19.8 Å². The Morgan fingerprint density at radius 2 is 1.76 bits per heavy atom. The standard InChI is InChI=1S/C23H20N2O6.C5H12N2/c1-3-23(28)15-7-17-20-13(9-25(17)21(26)14(15)10-31-22(23)27)11(2)12-6-18-19(8-16(12)24-20)30-5-4-29-18;1-7-4-2-6-3-5-7/h6-8,28H,3-5,9-10H2,1-2H3;6H,2-5H2,1H3. The zero-order valence-corrected chi connectivity index (χ0v) is 21.9. The first-order valence-corrected chi connectivity index (χ1v) is 13.1. The first-order valence-electron chi connectivity index (χ1n) is 13.1. The SMILES string of the molecule is CCC1(O)C(=O)OCc2c1cc1n(c2=O)Cc2c-1nc1cc3c(cc1c2C)OCCO3.CN1CCNCC1. The second-order valence-corrected chi connectivity index (χ2v) is 10.2. The van der Waals surface area contributed by atoms with Crippen molar-refractivity contribution in [2.24, 2.45) is 0 Å². The molecule has 6 heterocycles. The van der Waals surface area contributed by atoms with E-state index in [9.17, 15) is 14.7 Å². The van der Waals surface area contributed by atoms with Crippen LogP contribution in [0.15, 0.2) is 23.0 Å². The summed E-state index contributed by atoms with van der Waals surface area (Å²) in [6.45, 7) is 9.66. The zero-order chi connectivity index (χ0) is 26.6. The summed E-state index contributed by atoms with van der Waals surface area (Å²) in [7, 11) is 2.15. The van der Waals surface area contributed by atoms with Crippen molar-refractivity contribution >= 4 is 16.9 Å². The number of aromatic nitrogens is 2. The number of nitrogens with one attached hydrogen (secondary N) is 1. The molecule has 0 aliphatic carbocycles. The van der Waals surface area contributed by atoms with Gasteiger partial charge in [-0.25, -0.2) is 9.78 Å². The molecule has 1 saturated heterocycles. The number of carbonyl (C=O) groups excluding carboxylic acids is 1. The Balaban J connectivity index is 0.000000330. The Hall–Kier alpha value is -3.47. The number of hydrogen-bond donors (Lipinski definition) is 2. The lowest BCUT2D eigenvalue weighted by Crippen LogP contribution is -2.44. The highest BCUT2D eigenvalue weighted by Crippen LogP contribution is 2.42. The number of aryl methyl sites for hydroxylation is 1. The van der Waals surface area contributed by atoms with Gasteiger partial charge in [-0.2, -0.15) is 0 Å². The summed E-state index contributed by atoms with van der Waals surface area (Å²) in [4.78, 5) is 32.8. The van der Waals surface area contributed by atoms with Gasteiger partial charge in [0.15, 0.2) is 17.1 Å². The lowest BCUT2D eigenvalue weighted by molar-refractivity contribution is -0.172. The van der Waals surface area contributed by atoms with Crippen LogP contribution in [0.1, 0.15) is 35.6 Å². The summed E-state index contributed by atoms with van der Waals surface area (Å²) in [5.41, 5.74) is 2.51. The van der Waals surface area contributed by atoms with Crippen LogP contribution in [0.25, 0.3) is 22.3 Å². The quantitative estimate of drug-likeness (QED) is 0.362. The molecule has 4 aliphatic rings. The molecular weight excluding hydrogens is 488 g/mol. The molecule has 0 amide bonds. The summed E-state index contributed by atoms with van der Waals surface area (Å²) < 4.78 is 18.2. The molecule has 1 unspecified atom stereocenters. The van der Waals surface area contributed by atoms with Gasteiger partial charge in [-0.15, -0.1) is 0 Å². The third-order valence-electron chi connectivity index (χ3n) is 7.98. The van der Waals surface area contributed by atoms with E-state index >= 15 is 0 Å². The van der Waals surface area contributed by atoms with Crippen molar-refractivity contribution in [3.63, 3.8) is 0 Å². The molecule has 0 saturated carbocycles. The normalized spacial score (nSPS) is 21.6. The molecule has 200 valence electrons. The van der Waals surface area contributed by atoms with Gasteiger partial charge >= 0.3 is 5.97 Å². The minimum atomic E-state index is -1.83. The van der Waals surface area contributed by atoms with Gasteiger partial charge in [-0.1, -0.05) is 6.92 Å². The summed E-state index contributed by atoms with van der Waals surface area (Å²) in [6, 6.07) is 5.52. The van der Waals surface area contributed by atoms with Crippen molar-refractivity contribution in [2.75, 3.05) is 46.4 Å². The van der Waals surface area contributed by atoms with Crippen LogP contribution in [0.4, 0.5) is 0 Å². The minimum Gasteiger partial charge on any atom is -0.486 e. The number of ether oxygens (including phenoxy) is 3.